The second-order valence-electron chi connectivity index (χ2n) is 5.07. The van der Waals surface area contributed by atoms with Crippen LogP contribution in [0.15, 0.2) is 12.7 Å². The van der Waals surface area contributed by atoms with Crippen molar-refractivity contribution in [1.29, 1.82) is 0 Å². The van der Waals surface area contributed by atoms with Gasteiger partial charge in [-0.2, -0.15) is 0 Å². The van der Waals surface area contributed by atoms with Gasteiger partial charge in [-0.25, -0.2) is 0 Å². The number of carbonyl (C=O) groups excluding carboxylic acids is 3. The average Bonchev–Trinajstić information content (AvgIpc) is 2.48. The lowest BCUT2D eigenvalue weighted by atomic mass is 9.98. The zero-order valence-corrected chi connectivity index (χ0v) is 13.8. The highest BCUT2D eigenvalue weighted by Gasteiger charge is 2.52. The summed E-state index contributed by atoms with van der Waals surface area (Å²) in [5, 5.41) is 9.50. The minimum Gasteiger partial charge on any atom is -0.456 e. The first kappa shape index (κ1) is 20.1. The Morgan fingerprint density at radius 1 is 1.00 bits per heavy atom. The fourth-order valence-corrected chi connectivity index (χ4v) is 2.30. The molecule has 1 aliphatic heterocycles. The van der Waals surface area contributed by atoms with Gasteiger partial charge in [-0.3, -0.25) is 14.4 Å². The van der Waals surface area contributed by atoms with E-state index in [1.165, 1.54) is 6.08 Å². The second-order valence-corrected chi connectivity index (χ2v) is 5.07. The first-order chi connectivity index (χ1) is 11.3. The van der Waals surface area contributed by atoms with Gasteiger partial charge in [0.05, 0.1) is 13.2 Å². The summed E-state index contributed by atoms with van der Waals surface area (Å²) in [6, 6.07) is 0. The van der Waals surface area contributed by atoms with Crippen molar-refractivity contribution >= 4 is 17.9 Å². The van der Waals surface area contributed by atoms with Crippen LogP contribution in [0.4, 0.5) is 0 Å². The molecule has 9 nitrogen and oxygen atoms in total. The van der Waals surface area contributed by atoms with Crippen LogP contribution in [0.3, 0.4) is 0 Å². The van der Waals surface area contributed by atoms with E-state index in [2.05, 4.69) is 6.58 Å². The lowest BCUT2D eigenvalue weighted by molar-refractivity contribution is -0.305. The SMILES string of the molecule is C=CCOC1OC(CO)C(OC(C)=O)C(OC(C)=O)C1OC(C)=O. The van der Waals surface area contributed by atoms with E-state index in [0.29, 0.717) is 0 Å². The molecule has 0 aromatic rings. The normalized spacial score (nSPS) is 29.4. The molecule has 1 N–H and O–H groups in total. The quantitative estimate of drug-likeness (QED) is 0.376. The molecule has 0 amide bonds. The highest BCUT2D eigenvalue weighted by Crippen LogP contribution is 2.29. The van der Waals surface area contributed by atoms with E-state index in [4.69, 9.17) is 23.7 Å². The van der Waals surface area contributed by atoms with Gasteiger partial charge in [0.15, 0.2) is 24.6 Å². The predicted octanol–water partition coefficient (Wildman–Crippen LogP) is -0.299. The third kappa shape index (κ3) is 5.59. The van der Waals surface area contributed by atoms with Crippen LogP contribution in [-0.2, 0) is 38.1 Å². The Kier molecular flexibility index (Phi) is 7.83. The van der Waals surface area contributed by atoms with Crippen LogP contribution >= 0.6 is 0 Å². The fourth-order valence-electron chi connectivity index (χ4n) is 2.30. The molecule has 5 atom stereocenters. The van der Waals surface area contributed by atoms with Crippen molar-refractivity contribution in [1.82, 2.24) is 0 Å². The van der Waals surface area contributed by atoms with E-state index >= 15 is 0 Å². The van der Waals surface area contributed by atoms with Crippen molar-refractivity contribution < 1.29 is 43.2 Å². The summed E-state index contributed by atoms with van der Waals surface area (Å²) < 4.78 is 26.3. The molecule has 1 heterocycles. The molecule has 24 heavy (non-hydrogen) atoms. The molecule has 0 saturated carbocycles. The molecule has 1 saturated heterocycles. The Morgan fingerprint density at radius 3 is 1.96 bits per heavy atom. The van der Waals surface area contributed by atoms with Crippen LogP contribution in [0.25, 0.3) is 0 Å². The van der Waals surface area contributed by atoms with E-state index in [9.17, 15) is 19.5 Å². The summed E-state index contributed by atoms with van der Waals surface area (Å²) in [5.74, 6) is -2.03. The van der Waals surface area contributed by atoms with Gasteiger partial charge in [-0.1, -0.05) is 6.08 Å². The van der Waals surface area contributed by atoms with Gasteiger partial charge in [-0.05, 0) is 0 Å². The van der Waals surface area contributed by atoms with Crippen molar-refractivity contribution in [3.8, 4) is 0 Å². The molecule has 136 valence electrons. The molecule has 0 bridgehead atoms. The van der Waals surface area contributed by atoms with Crippen LogP contribution in [0.2, 0.25) is 0 Å². The topological polar surface area (TPSA) is 118 Å². The van der Waals surface area contributed by atoms with Crippen LogP contribution in [-0.4, -0.2) is 66.9 Å². The lowest BCUT2D eigenvalue weighted by Crippen LogP contribution is -2.62. The zero-order chi connectivity index (χ0) is 18.3. The first-order valence-corrected chi connectivity index (χ1v) is 7.30. The Labute approximate surface area is 139 Å². The van der Waals surface area contributed by atoms with Gasteiger partial charge >= 0.3 is 17.9 Å². The monoisotopic (exact) mass is 346 g/mol. The van der Waals surface area contributed by atoms with Crippen molar-refractivity contribution in [2.45, 2.75) is 51.5 Å². The van der Waals surface area contributed by atoms with Crippen molar-refractivity contribution in [2.75, 3.05) is 13.2 Å². The maximum Gasteiger partial charge on any atom is 0.303 e. The lowest BCUT2D eigenvalue weighted by Gasteiger charge is -2.43. The Balaban J connectivity index is 3.17. The molecule has 0 aliphatic carbocycles. The molecule has 0 aromatic heterocycles. The van der Waals surface area contributed by atoms with Crippen molar-refractivity contribution in [3.05, 3.63) is 12.7 Å². The molecule has 1 rings (SSSR count). The summed E-state index contributed by atoms with van der Waals surface area (Å²) in [6.45, 7) is 6.50. The Bertz CT molecular complexity index is 476. The Hall–Kier alpha value is -1.97. The molecule has 9 heteroatoms. The van der Waals surface area contributed by atoms with Gasteiger partial charge in [0.2, 0.25) is 0 Å². The number of hydrogen-bond donors (Lipinski definition) is 1. The van der Waals surface area contributed by atoms with E-state index in [1.54, 1.807) is 0 Å². The number of hydrogen-bond acceptors (Lipinski definition) is 9. The third-order valence-electron chi connectivity index (χ3n) is 3.06. The number of esters is 3. The summed E-state index contributed by atoms with van der Waals surface area (Å²) in [5.41, 5.74) is 0. The van der Waals surface area contributed by atoms with Crippen LogP contribution in [0, 0.1) is 0 Å². The van der Waals surface area contributed by atoms with Gasteiger partial charge in [0, 0.05) is 20.8 Å². The molecule has 1 fully saturated rings. The molecule has 5 unspecified atom stereocenters. The van der Waals surface area contributed by atoms with E-state index in [-0.39, 0.29) is 6.61 Å². The number of carbonyl (C=O) groups is 3. The number of ether oxygens (including phenoxy) is 5. The van der Waals surface area contributed by atoms with E-state index in [1.807, 2.05) is 0 Å². The van der Waals surface area contributed by atoms with E-state index in [0.717, 1.165) is 20.8 Å². The molecule has 0 aromatic carbocycles. The molecule has 0 radical (unpaired) electrons. The Morgan fingerprint density at radius 2 is 1.50 bits per heavy atom. The van der Waals surface area contributed by atoms with Crippen LogP contribution in [0.5, 0.6) is 0 Å². The molecular weight excluding hydrogens is 324 g/mol. The molecule has 0 spiro atoms. The number of aliphatic hydroxyl groups excluding tert-OH is 1. The standard InChI is InChI=1S/C15H22O9/c1-5-6-20-15-14(23-10(4)19)13(22-9(3)18)12(21-8(2)17)11(7-16)24-15/h5,11-16H,1,6-7H2,2-4H3. The smallest absolute Gasteiger partial charge is 0.303 e. The maximum atomic E-state index is 11.4. The number of rotatable bonds is 7. The van der Waals surface area contributed by atoms with Gasteiger partial charge in [0.25, 0.3) is 0 Å². The maximum absolute atomic E-state index is 11.4. The van der Waals surface area contributed by atoms with Gasteiger partial charge in [0.1, 0.15) is 6.10 Å². The molecule has 1 aliphatic rings. The van der Waals surface area contributed by atoms with Crippen LogP contribution < -0.4 is 0 Å². The summed E-state index contributed by atoms with van der Waals surface area (Å²) in [6.07, 6.45) is -4.26. The van der Waals surface area contributed by atoms with Crippen molar-refractivity contribution in [2.24, 2.45) is 0 Å². The summed E-state index contributed by atoms with van der Waals surface area (Å²) >= 11 is 0. The van der Waals surface area contributed by atoms with Gasteiger partial charge < -0.3 is 28.8 Å². The first-order valence-electron chi connectivity index (χ1n) is 7.30. The van der Waals surface area contributed by atoms with E-state index < -0.39 is 55.2 Å². The second kappa shape index (κ2) is 9.36. The average molecular weight is 346 g/mol. The highest BCUT2D eigenvalue weighted by molar-refractivity contribution is 5.68. The summed E-state index contributed by atoms with van der Waals surface area (Å²) in [7, 11) is 0. The largest absolute Gasteiger partial charge is 0.456 e. The molecular formula is C15H22O9. The predicted molar refractivity (Wildman–Crippen MR) is 78.6 cm³/mol. The third-order valence-corrected chi connectivity index (χ3v) is 3.06. The van der Waals surface area contributed by atoms with Gasteiger partial charge in [-0.15, -0.1) is 6.58 Å². The zero-order valence-electron chi connectivity index (χ0n) is 13.8. The van der Waals surface area contributed by atoms with Crippen molar-refractivity contribution in [3.63, 3.8) is 0 Å². The fraction of sp³-hybridized carbons (Fsp3) is 0.667. The minimum absolute atomic E-state index is 0.0611. The number of aliphatic hydroxyl groups is 1. The summed E-state index contributed by atoms with van der Waals surface area (Å²) in [4.78, 5) is 34.2. The van der Waals surface area contributed by atoms with Crippen LogP contribution in [0.1, 0.15) is 20.8 Å². The highest BCUT2D eigenvalue weighted by atomic mass is 16.7. The minimum atomic E-state index is -1.20.